The number of methoxy groups -OCH3 is 1. The Morgan fingerprint density at radius 2 is 1.92 bits per heavy atom. The predicted molar refractivity (Wildman–Crippen MR) is 106 cm³/mol. The number of nitrogens with zero attached hydrogens (tertiary/aromatic N) is 3. The minimum atomic E-state index is 0.369. The molecule has 0 spiro atoms. The van der Waals surface area contributed by atoms with Crippen molar-refractivity contribution >= 4 is 11.0 Å². The van der Waals surface area contributed by atoms with Gasteiger partial charge in [0.05, 0.1) is 29.4 Å². The first-order valence-corrected chi connectivity index (χ1v) is 9.50. The quantitative estimate of drug-likeness (QED) is 0.631. The largest absolute Gasteiger partial charge is 0.480 e. The zero-order valence-electron chi connectivity index (χ0n) is 16.3. The van der Waals surface area contributed by atoms with Crippen molar-refractivity contribution in [1.82, 2.24) is 14.5 Å². The van der Waals surface area contributed by atoms with E-state index < -0.39 is 0 Å². The molecule has 0 unspecified atom stereocenters. The monoisotopic (exact) mass is 349 g/mol. The van der Waals surface area contributed by atoms with Gasteiger partial charge in [0.15, 0.2) is 0 Å². The van der Waals surface area contributed by atoms with Crippen LogP contribution in [-0.4, -0.2) is 21.6 Å². The van der Waals surface area contributed by atoms with E-state index in [4.69, 9.17) is 14.7 Å². The van der Waals surface area contributed by atoms with Gasteiger partial charge in [0.2, 0.25) is 5.88 Å². The average Bonchev–Trinajstić information content (AvgIpc) is 3.39. The normalized spacial score (nSPS) is 14.4. The summed E-state index contributed by atoms with van der Waals surface area (Å²) in [5.74, 6) is 1.87. The van der Waals surface area contributed by atoms with Crippen LogP contribution in [0.2, 0.25) is 0 Å². The van der Waals surface area contributed by atoms with Crippen LogP contribution in [0.3, 0.4) is 0 Å². The molecule has 3 heterocycles. The highest BCUT2D eigenvalue weighted by Crippen LogP contribution is 2.36. The molecule has 0 amide bonds. The Kier molecular flexibility index (Phi) is 4.22. The van der Waals surface area contributed by atoms with E-state index in [1.165, 1.54) is 23.9 Å². The van der Waals surface area contributed by atoms with Crippen LogP contribution < -0.4 is 4.74 Å². The second-order valence-corrected chi connectivity index (χ2v) is 7.88. The molecular weight excluding hydrogens is 322 g/mol. The minimum absolute atomic E-state index is 0.369. The van der Waals surface area contributed by atoms with Crippen LogP contribution in [0, 0.1) is 19.8 Å². The van der Waals surface area contributed by atoms with Gasteiger partial charge in [-0.25, -0.2) is 9.97 Å². The molecule has 0 aliphatic heterocycles. The number of pyridine rings is 2. The molecule has 0 radical (unpaired) electrons. The van der Waals surface area contributed by atoms with Crippen molar-refractivity contribution in [3.63, 3.8) is 0 Å². The van der Waals surface area contributed by atoms with Crippen molar-refractivity contribution in [2.45, 2.75) is 53.0 Å². The summed E-state index contributed by atoms with van der Waals surface area (Å²) in [7, 11) is 1.68. The van der Waals surface area contributed by atoms with Crippen LogP contribution in [0.5, 0.6) is 5.88 Å². The lowest BCUT2D eigenvalue weighted by Gasteiger charge is -2.13. The highest BCUT2D eigenvalue weighted by molar-refractivity contribution is 5.85. The lowest BCUT2D eigenvalue weighted by Crippen LogP contribution is -2.01. The van der Waals surface area contributed by atoms with Crippen molar-refractivity contribution in [1.29, 1.82) is 0 Å². The summed E-state index contributed by atoms with van der Waals surface area (Å²) < 4.78 is 7.98. The molecule has 4 nitrogen and oxygen atoms in total. The molecule has 1 saturated carbocycles. The fourth-order valence-electron chi connectivity index (χ4n) is 3.59. The fraction of sp³-hybridized carbons (Fsp3) is 0.455. The SMILES string of the molecule is COc1nc(C(C)C)ccc1-c1nc2c(C)cn(CC3CC3)c2cc1C. The molecule has 26 heavy (non-hydrogen) atoms. The van der Waals surface area contributed by atoms with Gasteiger partial charge in [-0.3, -0.25) is 0 Å². The van der Waals surface area contributed by atoms with Crippen molar-refractivity contribution in [2.24, 2.45) is 5.92 Å². The van der Waals surface area contributed by atoms with E-state index in [2.05, 4.69) is 56.7 Å². The van der Waals surface area contributed by atoms with Gasteiger partial charge in [0, 0.05) is 18.4 Å². The highest BCUT2D eigenvalue weighted by Gasteiger charge is 2.23. The summed E-state index contributed by atoms with van der Waals surface area (Å²) in [5, 5.41) is 0. The summed E-state index contributed by atoms with van der Waals surface area (Å²) in [4.78, 5) is 9.73. The van der Waals surface area contributed by atoms with Gasteiger partial charge in [0.25, 0.3) is 0 Å². The molecule has 0 saturated heterocycles. The Morgan fingerprint density at radius 1 is 1.15 bits per heavy atom. The summed E-state index contributed by atoms with van der Waals surface area (Å²) in [5.41, 5.74) is 7.67. The highest BCUT2D eigenvalue weighted by atomic mass is 16.5. The molecule has 4 heteroatoms. The molecule has 1 aliphatic carbocycles. The molecule has 0 aromatic carbocycles. The standard InChI is InChI=1S/C22H27N3O/c1-13(2)18-9-8-17(22(23-18)26-5)20-14(3)10-19-21(24-20)15(4)11-25(19)12-16-6-7-16/h8-11,13,16H,6-7,12H2,1-5H3. The summed E-state index contributed by atoms with van der Waals surface area (Å²) in [6.07, 6.45) is 4.96. The maximum absolute atomic E-state index is 5.60. The zero-order chi connectivity index (χ0) is 18.4. The lowest BCUT2D eigenvalue weighted by molar-refractivity contribution is 0.397. The van der Waals surface area contributed by atoms with Gasteiger partial charge in [-0.1, -0.05) is 13.8 Å². The Hall–Kier alpha value is -2.36. The predicted octanol–water partition coefficient (Wildman–Crippen LogP) is 5.26. The van der Waals surface area contributed by atoms with E-state index in [1.54, 1.807) is 7.11 Å². The molecule has 0 atom stereocenters. The maximum atomic E-state index is 5.60. The number of hydrogen-bond acceptors (Lipinski definition) is 3. The molecule has 1 fully saturated rings. The second kappa shape index (κ2) is 6.42. The van der Waals surface area contributed by atoms with Gasteiger partial charge >= 0.3 is 0 Å². The number of rotatable bonds is 5. The van der Waals surface area contributed by atoms with Crippen LogP contribution in [0.25, 0.3) is 22.3 Å². The van der Waals surface area contributed by atoms with Gasteiger partial charge in [-0.15, -0.1) is 0 Å². The van der Waals surface area contributed by atoms with Crippen molar-refractivity contribution in [3.05, 3.63) is 41.2 Å². The first kappa shape index (κ1) is 17.1. The third-order valence-electron chi connectivity index (χ3n) is 5.30. The summed E-state index contributed by atoms with van der Waals surface area (Å²) in [6, 6.07) is 6.45. The van der Waals surface area contributed by atoms with E-state index in [0.29, 0.717) is 11.8 Å². The Bertz CT molecular complexity index is 967. The number of fused-ring (bicyclic) bond motifs is 1. The molecular formula is C22H27N3O. The Morgan fingerprint density at radius 3 is 2.58 bits per heavy atom. The number of ether oxygens (including phenoxy) is 1. The van der Waals surface area contributed by atoms with Crippen LogP contribution in [0.15, 0.2) is 24.4 Å². The van der Waals surface area contributed by atoms with Crippen molar-refractivity contribution < 1.29 is 4.74 Å². The first-order chi connectivity index (χ1) is 12.5. The van der Waals surface area contributed by atoms with Gasteiger partial charge in [-0.05, 0) is 67.9 Å². The lowest BCUT2D eigenvalue weighted by atomic mass is 10.0. The summed E-state index contributed by atoms with van der Waals surface area (Å²) >= 11 is 0. The Balaban J connectivity index is 1.84. The maximum Gasteiger partial charge on any atom is 0.222 e. The van der Waals surface area contributed by atoms with E-state index in [0.717, 1.165) is 40.5 Å². The van der Waals surface area contributed by atoms with Crippen molar-refractivity contribution in [3.8, 4) is 17.1 Å². The van der Waals surface area contributed by atoms with Crippen molar-refractivity contribution in [2.75, 3.05) is 7.11 Å². The summed E-state index contributed by atoms with van der Waals surface area (Å²) in [6.45, 7) is 9.67. The first-order valence-electron chi connectivity index (χ1n) is 9.50. The molecule has 4 rings (SSSR count). The van der Waals surface area contributed by atoms with Gasteiger partial charge in [-0.2, -0.15) is 0 Å². The second-order valence-electron chi connectivity index (χ2n) is 7.88. The van der Waals surface area contributed by atoms with E-state index >= 15 is 0 Å². The third-order valence-corrected chi connectivity index (χ3v) is 5.30. The van der Waals surface area contributed by atoms with Crippen LogP contribution >= 0.6 is 0 Å². The van der Waals surface area contributed by atoms with E-state index in [1.807, 2.05) is 0 Å². The van der Waals surface area contributed by atoms with E-state index in [-0.39, 0.29) is 0 Å². The molecule has 1 aliphatic rings. The number of aryl methyl sites for hydroxylation is 2. The van der Waals surface area contributed by atoms with Gasteiger partial charge < -0.3 is 9.30 Å². The fourth-order valence-corrected chi connectivity index (χ4v) is 3.59. The smallest absolute Gasteiger partial charge is 0.222 e. The molecule has 0 N–H and O–H groups in total. The Labute approximate surface area is 155 Å². The van der Waals surface area contributed by atoms with Crippen LogP contribution in [-0.2, 0) is 6.54 Å². The molecule has 0 bridgehead atoms. The minimum Gasteiger partial charge on any atom is -0.480 e. The molecule has 3 aromatic rings. The van der Waals surface area contributed by atoms with E-state index in [9.17, 15) is 0 Å². The molecule has 136 valence electrons. The topological polar surface area (TPSA) is 39.9 Å². The van der Waals surface area contributed by atoms with Crippen LogP contribution in [0.4, 0.5) is 0 Å². The average molecular weight is 349 g/mol. The van der Waals surface area contributed by atoms with Gasteiger partial charge in [0.1, 0.15) is 0 Å². The molecule has 3 aromatic heterocycles. The third kappa shape index (κ3) is 2.98. The zero-order valence-corrected chi connectivity index (χ0v) is 16.3. The number of hydrogen-bond donors (Lipinski definition) is 0. The van der Waals surface area contributed by atoms with Crippen LogP contribution in [0.1, 0.15) is 49.4 Å². The number of aromatic nitrogens is 3.